The number of fused-ring (bicyclic) bond motifs is 1. The van der Waals surface area contributed by atoms with E-state index in [-0.39, 0.29) is 12.1 Å². The fourth-order valence-corrected chi connectivity index (χ4v) is 3.53. The molecule has 0 saturated heterocycles. The van der Waals surface area contributed by atoms with Crippen molar-refractivity contribution in [2.75, 3.05) is 5.32 Å². The molecule has 2 heterocycles. The highest BCUT2D eigenvalue weighted by Crippen LogP contribution is 2.25. The third kappa shape index (κ3) is 3.95. The zero-order valence-corrected chi connectivity index (χ0v) is 17.2. The first-order valence-electron chi connectivity index (χ1n) is 9.41. The molecule has 0 fully saturated rings. The topological polar surface area (TPSA) is 88.6 Å². The molecular formula is C22H18ClFN4O3. The van der Waals surface area contributed by atoms with E-state index in [1.54, 1.807) is 25.1 Å². The Morgan fingerprint density at radius 2 is 1.94 bits per heavy atom. The molecule has 0 unspecified atom stereocenters. The van der Waals surface area contributed by atoms with Crippen LogP contribution in [0.25, 0.3) is 16.8 Å². The summed E-state index contributed by atoms with van der Waals surface area (Å²) < 4.78 is 15.8. The summed E-state index contributed by atoms with van der Waals surface area (Å²) in [6, 6.07) is 10.8. The van der Waals surface area contributed by atoms with Crippen LogP contribution in [0.1, 0.15) is 11.1 Å². The molecule has 0 spiro atoms. The van der Waals surface area contributed by atoms with Crippen LogP contribution in [-0.2, 0) is 17.9 Å². The van der Waals surface area contributed by atoms with Gasteiger partial charge in [-0.25, -0.2) is 8.91 Å². The smallest absolute Gasteiger partial charge is 0.277 e. The maximum absolute atomic E-state index is 13.3. The highest BCUT2D eigenvalue weighted by atomic mass is 35.5. The summed E-state index contributed by atoms with van der Waals surface area (Å²) in [6.07, 6.45) is 2.98. The lowest BCUT2D eigenvalue weighted by Gasteiger charge is -2.11. The number of hydrogen-bond acceptors (Lipinski definition) is 4. The van der Waals surface area contributed by atoms with Gasteiger partial charge in [-0.1, -0.05) is 17.7 Å². The van der Waals surface area contributed by atoms with Gasteiger partial charge in [0.2, 0.25) is 5.91 Å². The average molecular weight is 441 g/mol. The van der Waals surface area contributed by atoms with Crippen molar-refractivity contribution in [2.45, 2.75) is 20.1 Å². The molecule has 0 saturated carbocycles. The van der Waals surface area contributed by atoms with E-state index < -0.39 is 23.9 Å². The van der Waals surface area contributed by atoms with Crippen LogP contribution in [-0.4, -0.2) is 25.2 Å². The Morgan fingerprint density at radius 1 is 1.19 bits per heavy atom. The van der Waals surface area contributed by atoms with Gasteiger partial charge in [0.05, 0.1) is 12.3 Å². The SMILES string of the molecule is Cc1c(Cl)cccc1NC(=O)Cn1ccn2nc(-c3ccc(F)cc3)c(CO)c2c1=O. The lowest BCUT2D eigenvalue weighted by molar-refractivity contribution is -0.116. The number of aliphatic hydroxyl groups excluding tert-OH is 1. The van der Waals surface area contributed by atoms with E-state index in [0.717, 1.165) is 5.56 Å². The maximum Gasteiger partial charge on any atom is 0.277 e. The number of nitrogens with one attached hydrogen (secondary N) is 1. The van der Waals surface area contributed by atoms with Crippen LogP contribution < -0.4 is 10.9 Å². The number of hydrogen-bond donors (Lipinski definition) is 2. The van der Waals surface area contributed by atoms with Gasteiger partial charge in [-0.3, -0.25) is 9.59 Å². The number of amides is 1. The van der Waals surface area contributed by atoms with Gasteiger partial charge in [0.25, 0.3) is 5.56 Å². The molecule has 0 bridgehead atoms. The summed E-state index contributed by atoms with van der Waals surface area (Å²) in [6.45, 7) is 1.11. The van der Waals surface area contributed by atoms with Crippen molar-refractivity contribution >= 4 is 28.7 Å². The maximum atomic E-state index is 13.3. The van der Waals surface area contributed by atoms with Gasteiger partial charge in [0.1, 0.15) is 17.9 Å². The normalized spacial score (nSPS) is 11.1. The van der Waals surface area contributed by atoms with E-state index in [1.165, 1.54) is 45.7 Å². The number of carbonyl (C=O) groups is 1. The Balaban J connectivity index is 1.69. The Bertz CT molecular complexity index is 1350. The van der Waals surface area contributed by atoms with Gasteiger partial charge in [-0.15, -0.1) is 0 Å². The molecule has 4 rings (SSSR count). The van der Waals surface area contributed by atoms with E-state index in [2.05, 4.69) is 10.4 Å². The molecule has 0 radical (unpaired) electrons. The van der Waals surface area contributed by atoms with Crippen LogP contribution >= 0.6 is 11.6 Å². The molecule has 9 heteroatoms. The standard InChI is InChI=1S/C22H18ClFN4O3/c1-13-17(23)3-2-4-18(13)25-19(30)11-27-9-10-28-21(22(27)31)16(12-29)20(26-28)14-5-7-15(24)8-6-14/h2-10,29H,11-12H2,1H3,(H,25,30). The predicted molar refractivity (Wildman–Crippen MR) is 116 cm³/mol. The fourth-order valence-electron chi connectivity index (χ4n) is 3.35. The van der Waals surface area contributed by atoms with Gasteiger partial charge >= 0.3 is 0 Å². The van der Waals surface area contributed by atoms with E-state index in [9.17, 15) is 19.1 Å². The molecule has 0 aliphatic heterocycles. The molecule has 4 aromatic rings. The summed E-state index contributed by atoms with van der Waals surface area (Å²) in [7, 11) is 0. The lowest BCUT2D eigenvalue weighted by atomic mass is 10.1. The van der Waals surface area contributed by atoms with Crippen molar-refractivity contribution in [1.29, 1.82) is 0 Å². The highest BCUT2D eigenvalue weighted by molar-refractivity contribution is 6.31. The van der Waals surface area contributed by atoms with E-state index >= 15 is 0 Å². The third-order valence-corrected chi connectivity index (χ3v) is 5.40. The Hall–Kier alpha value is -3.49. The first-order valence-corrected chi connectivity index (χ1v) is 9.79. The molecule has 0 aliphatic rings. The van der Waals surface area contributed by atoms with Gasteiger partial charge in [0, 0.05) is 34.2 Å². The van der Waals surface area contributed by atoms with Crippen LogP contribution in [0.3, 0.4) is 0 Å². The highest BCUT2D eigenvalue weighted by Gasteiger charge is 2.18. The second kappa shape index (κ2) is 8.33. The molecule has 0 atom stereocenters. The number of nitrogens with zero attached hydrogens (tertiary/aromatic N) is 3. The molecule has 2 N–H and O–H groups in total. The van der Waals surface area contributed by atoms with Crippen LogP contribution in [0.4, 0.5) is 10.1 Å². The minimum atomic E-state index is -0.481. The largest absolute Gasteiger partial charge is 0.392 e. The first-order chi connectivity index (χ1) is 14.9. The van der Waals surface area contributed by atoms with Gasteiger partial charge < -0.3 is 15.0 Å². The second-order valence-corrected chi connectivity index (χ2v) is 7.38. The number of anilines is 1. The Kier molecular flexibility index (Phi) is 5.58. The van der Waals surface area contributed by atoms with E-state index in [1.807, 2.05) is 0 Å². The first kappa shape index (κ1) is 20.8. The van der Waals surface area contributed by atoms with Crippen LogP contribution in [0.15, 0.2) is 59.7 Å². The van der Waals surface area contributed by atoms with Crippen molar-refractivity contribution in [3.05, 3.63) is 87.2 Å². The number of carbonyl (C=O) groups excluding carboxylic acids is 1. The molecule has 2 aromatic heterocycles. The van der Waals surface area contributed by atoms with Crippen molar-refractivity contribution in [3.8, 4) is 11.3 Å². The van der Waals surface area contributed by atoms with Crippen LogP contribution in [0, 0.1) is 12.7 Å². The summed E-state index contributed by atoms with van der Waals surface area (Å²) in [4.78, 5) is 25.6. The minimum absolute atomic E-state index is 0.149. The molecule has 7 nitrogen and oxygen atoms in total. The molecule has 1 amide bonds. The van der Waals surface area contributed by atoms with E-state index in [0.29, 0.717) is 27.5 Å². The molecular weight excluding hydrogens is 423 g/mol. The van der Waals surface area contributed by atoms with Crippen molar-refractivity contribution < 1.29 is 14.3 Å². The third-order valence-electron chi connectivity index (χ3n) is 4.99. The van der Waals surface area contributed by atoms with E-state index in [4.69, 9.17) is 11.6 Å². The molecule has 2 aromatic carbocycles. The zero-order chi connectivity index (χ0) is 22.1. The van der Waals surface area contributed by atoms with Gasteiger partial charge in [-0.2, -0.15) is 5.10 Å². The van der Waals surface area contributed by atoms with Crippen molar-refractivity contribution in [1.82, 2.24) is 14.2 Å². The molecule has 31 heavy (non-hydrogen) atoms. The van der Waals surface area contributed by atoms with Gasteiger partial charge in [-0.05, 0) is 48.9 Å². The lowest BCUT2D eigenvalue weighted by Crippen LogP contribution is -2.28. The van der Waals surface area contributed by atoms with Gasteiger partial charge in [0.15, 0.2) is 0 Å². The monoisotopic (exact) mass is 440 g/mol. The summed E-state index contributed by atoms with van der Waals surface area (Å²) in [5.41, 5.74) is 2.19. The fraction of sp³-hybridized carbons (Fsp3) is 0.136. The van der Waals surface area contributed by atoms with Crippen LogP contribution in [0.2, 0.25) is 5.02 Å². The number of rotatable bonds is 5. The summed E-state index contributed by atoms with van der Waals surface area (Å²) >= 11 is 6.08. The average Bonchev–Trinajstić information content (AvgIpc) is 3.13. The summed E-state index contributed by atoms with van der Waals surface area (Å²) in [5.74, 6) is -0.804. The van der Waals surface area contributed by atoms with Crippen molar-refractivity contribution in [3.63, 3.8) is 0 Å². The summed E-state index contributed by atoms with van der Waals surface area (Å²) in [5, 5.41) is 17.5. The predicted octanol–water partition coefficient (Wildman–Crippen LogP) is 3.39. The molecule has 158 valence electrons. The zero-order valence-electron chi connectivity index (χ0n) is 16.5. The minimum Gasteiger partial charge on any atom is -0.392 e. The number of benzene rings is 2. The van der Waals surface area contributed by atoms with Crippen molar-refractivity contribution in [2.24, 2.45) is 0 Å². The number of aromatic nitrogens is 3. The Labute approximate surface area is 181 Å². The molecule has 0 aliphatic carbocycles. The Morgan fingerprint density at radius 3 is 2.65 bits per heavy atom. The quantitative estimate of drug-likeness (QED) is 0.498. The second-order valence-electron chi connectivity index (χ2n) is 6.98. The number of aliphatic hydroxyl groups is 1. The number of halogens is 2. The van der Waals surface area contributed by atoms with Crippen LogP contribution in [0.5, 0.6) is 0 Å².